The molecule has 0 bridgehead atoms. The van der Waals surface area contributed by atoms with E-state index in [9.17, 15) is 8.42 Å². The molecule has 16 heavy (non-hydrogen) atoms. The Kier molecular flexibility index (Phi) is 4.15. The van der Waals surface area contributed by atoms with Crippen molar-refractivity contribution in [3.8, 4) is 0 Å². The van der Waals surface area contributed by atoms with Crippen LogP contribution in [0.2, 0.25) is 0 Å². The summed E-state index contributed by atoms with van der Waals surface area (Å²) < 4.78 is 31.4. The Morgan fingerprint density at radius 3 is 2.44 bits per heavy atom. The van der Waals surface area contributed by atoms with Gasteiger partial charge in [0.15, 0.2) is 0 Å². The van der Waals surface area contributed by atoms with Gasteiger partial charge in [-0.05, 0) is 32.3 Å². The van der Waals surface area contributed by atoms with Gasteiger partial charge in [-0.2, -0.15) is 0 Å². The Bertz CT molecular complexity index is 432. The molecule has 0 aromatic carbocycles. The van der Waals surface area contributed by atoms with Crippen LogP contribution in [-0.4, -0.2) is 14.5 Å². The fourth-order valence-electron chi connectivity index (χ4n) is 1.51. The molecule has 4 nitrogen and oxygen atoms in total. The van der Waals surface area contributed by atoms with Crippen LogP contribution in [0.4, 0.5) is 0 Å². The van der Waals surface area contributed by atoms with Crippen LogP contribution < -0.4 is 4.72 Å². The van der Waals surface area contributed by atoms with Crippen molar-refractivity contribution in [1.82, 2.24) is 4.72 Å². The lowest BCUT2D eigenvalue weighted by atomic mass is 10.1. The molecule has 0 amide bonds. The Balaban J connectivity index is 2.99. The molecular weight excluding hydrogens is 226 g/mol. The minimum Gasteiger partial charge on any atom is -0.451 e. The van der Waals surface area contributed by atoms with E-state index >= 15 is 0 Å². The molecule has 0 fully saturated rings. The maximum Gasteiger partial charge on any atom is 0.274 e. The number of nitrogens with one attached hydrogen (secondary N) is 1. The zero-order chi connectivity index (χ0) is 12.3. The van der Waals surface area contributed by atoms with Gasteiger partial charge in [0, 0.05) is 11.6 Å². The van der Waals surface area contributed by atoms with Crippen molar-refractivity contribution in [3.05, 3.63) is 17.9 Å². The van der Waals surface area contributed by atoms with Gasteiger partial charge in [0.25, 0.3) is 10.0 Å². The van der Waals surface area contributed by atoms with Crippen LogP contribution in [0.5, 0.6) is 0 Å². The van der Waals surface area contributed by atoms with Gasteiger partial charge in [-0.25, -0.2) is 13.1 Å². The molecule has 1 aromatic rings. The summed E-state index contributed by atoms with van der Waals surface area (Å²) in [6, 6.07) is 1.58. The van der Waals surface area contributed by atoms with E-state index in [-0.39, 0.29) is 11.1 Å². The topological polar surface area (TPSA) is 59.3 Å². The number of hydrogen-bond acceptors (Lipinski definition) is 3. The second kappa shape index (κ2) is 5.01. The molecule has 5 heteroatoms. The van der Waals surface area contributed by atoms with E-state index < -0.39 is 10.0 Å². The third-order valence-corrected chi connectivity index (χ3v) is 3.60. The zero-order valence-corrected chi connectivity index (χ0v) is 11.0. The first-order valence-corrected chi connectivity index (χ1v) is 6.90. The van der Waals surface area contributed by atoms with Crippen molar-refractivity contribution in [3.63, 3.8) is 0 Å². The lowest BCUT2D eigenvalue weighted by Gasteiger charge is -2.09. The Morgan fingerprint density at radius 1 is 1.31 bits per heavy atom. The lowest BCUT2D eigenvalue weighted by Crippen LogP contribution is -2.30. The van der Waals surface area contributed by atoms with Crippen molar-refractivity contribution in [2.45, 2.75) is 45.2 Å². The quantitative estimate of drug-likeness (QED) is 0.864. The van der Waals surface area contributed by atoms with Crippen molar-refractivity contribution in [2.75, 3.05) is 0 Å². The average Bonchev–Trinajstić information content (AvgIpc) is 2.48. The highest BCUT2D eigenvalue weighted by Gasteiger charge is 2.23. The summed E-state index contributed by atoms with van der Waals surface area (Å²) in [6.07, 6.45) is 2.12. The minimum atomic E-state index is -3.51. The van der Waals surface area contributed by atoms with Crippen molar-refractivity contribution in [1.29, 1.82) is 0 Å². The second-order valence-corrected chi connectivity index (χ2v) is 6.22. The van der Waals surface area contributed by atoms with Crippen LogP contribution in [-0.2, 0) is 16.4 Å². The molecule has 0 atom stereocenters. The first kappa shape index (κ1) is 13.3. The van der Waals surface area contributed by atoms with Crippen LogP contribution in [0.1, 0.15) is 33.3 Å². The molecule has 0 spiro atoms. The highest BCUT2D eigenvalue weighted by molar-refractivity contribution is 7.89. The molecule has 1 aromatic heterocycles. The van der Waals surface area contributed by atoms with Gasteiger partial charge in [0.2, 0.25) is 5.09 Å². The molecule has 0 saturated heterocycles. The molecule has 1 rings (SSSR count). The SMILES string of the molecule is CC(C)Cc1ccoc1S(=O)(=O)NC(C)C. The van der Waals surface area contributed by atoms with Gasteiger partial charge >= 0.3 is 0 Å². The number of rotatable bonds is 5. The zero-order valence-electron chi connectivity index (χ0n) is 10.1. The van der Waals surface area contributed by atoms with E-state index in [1.807, 2.05) is 13.8 Å². The van der Waals surface area contributed by atoms with Gasteiger partial charge < -0.3 is 4.42 Å². The predicted molar refractivity (Wildman–Crippen MR) is 62.7 cm³/mol. The van der Waals surface area contributed by atoms with Crippen LogP contribution in [0.3, 0.4) is 0 Å². The van der Waals surface area contributed by atoms with Gasteiger partial charge in [-0.1, -0.05) is 13.8 Å². The molecule has 0 unspecified atom stereocenters. The predicted octanol–water partition coefficient (Wildman–Crippen LogP) is 2.16. The maximum atomic E-state index is 11.9. The van der Waals surface area contributed by atoms with Gasteiger partial charge in [-0.15, -0.1) is 0 Å². The first-order valence-electron chi connectivity index (χ1n) is 5.41. The molecule has 0 aliphatic rings. The van der Waals surface area contributed by atoms with Gasteiger partial charge in [0.1, 0.15) is 0 Å². The number of sulfonamides is 1. The van der Waals surface area contributed by atoms with Crippen LogP contribution in [0, 0.1) is 5.92 Å². The third kappa shape index (κ3) is 3.35. The van der Waals surface area contributed by atoms with Crippen LogP contribution in [0.25, 0.3) is 0 Å². The molecule has 1 N–H and O–H groups in total. The maximum absolute atomic E-state index is 11.9. The highest BCUT2D eigenvalue weighted by atomic mass is 32.2. The van der Waals surface area contributed by atoms with E-state index in [0.717, 1.165) is 5.56 Å². The summed E-state index contributed by atoms with van der Waals surface area (Å²) in [5.41, 5.74) is 0.739. The van der Waals surface area contributed by atoms with Gasteiger partial charge in [0.05, 0.1) is 6.26 Å². The summed E-state index contributed by atoms with van der Waals surface area (Å²) in [5, 5.41) is 0.0508. The van der Waals surface area contributed by atoms with E-state index in [4.69, 9.17) is 4.42 Å². The van der Waals surface area contributed by atoms with Gasteiger partial charge in [-0.3, -0.25) is 0 Å². The van der Waals surface area contributed by atoms with E-state index in [2.05, 4.69) is 4.72 Å². The molecule has 0 aliphatic carbocycles. The first-order chi connectivity index (χ1) is 7.33. The van der Waals surface area contributed by atoms with Crippen LogP contribution >= 0.6 is 0 Å². The normalized spacial score (nSPS) is 12.6. The van der Waals surface area contributed by atoms with Crippen molar-refractivity contribution >= 4 is 10.0 Å². The van der Waals surface area contributed by atoms with Crippen molar-refractivity contribution < 1.29 is 12.8 Å². The molecule has 0 radical (unpaired) electrons. The molecule has 0 aliphatic heterocycles. The molecule has 1 heterocycles. The summed E-state index contributed by atoms with van der Waals surface area (Å²) in [6.45, 7) is 7.64. The average molecular weight is 245 g/mol. The fraction of sp³-hybridized carbons (Fsp3) is 0.636. The summed E-state index contributed by atoms with van der Waals surface area (Å²) in [5.74, 6) is 0.394. The molecular formula is C11H19NO3S. The highest BCUT2D eigenvalue weighted by Crippen LogP contribution is 2.20. The molecule has 0 saturated carbocycles. The largest absolute Gasteiger partial charge is 0.451 e. The van der Waals surface area contributed by atoms with Crippen molar-refractivity contribution in [2.24, 2.45) is 5.92 Å². The Labute approximate surface area is 97.1 Å². The number of hydrogen-bond donors (Lipinski definition) is 1. The summed E-state index contributed by atoms with van der Waals surface area (Å²) in [7, 11) is -3.51. The summed E-state index contributed by atoms with van der Waals surface area (Å²) in [4.78, 5) is 0. The van der Waals surface area contributed by atoms with Crippen LogP contribution in [0.15, 0.2) is 21.8 Å². The van der Waals surface area contributed by atoms with E-state index in [1.54, 1.807) is 19.9 Å². The monoisotopic (exact) mass is 245 g/mol. The fourth-order valence-corrected chi connectivity index (χ4v) is 2.92. The summed E-state index contributed by atoms with van der Waals surface area (Å²) >= 11 is 0. The smallest absolute Gasteiger partial charge is 0.274 e. The van der Waals surface area contributed by atoms with E-state index in [1.165, 1.54) is 6.26 Å². The number of furan rings is 1. The Morgan fingerprint density at radius 2 is 1.94 bits per heavy atom. The Hall–Kier alpha value is -0.810. The minimum absolute atomic E-state index is 0.0508. The molecule has 92 valence electrons. The second-order valence-electron chi connectivity index (χ2n) is 4.61. The lowest BCUT2D eigenvalue weighted by molar-refractivity contribution is 0.433. The third-order valence-electron chi connectivity index (χ3n) is 1.97. The van der Waals surface area contributed by atoms with E-state index in [0.29, 0.717) is 12.3 Å². The standard InChI is InChI=1S/C11H19NO3S/c1-8(2)7-10-5-6-15-11(10)16(13,14)12-9(3)4/h5-6,8-9,12H,7H2,1-4H3.